The van der Waals surface area contributed by atoms with E-state index in [4.69, 9.17) is 10.5 Å². The van der Waals surface area contributed by atoms with Crippen LogP contribution in [0, 0.1) is 0 Å². The average Bonchev–Trinajstić information content (AvgIpc) is 2.29. The minimum atomic E-state index is 0.642. The second kappa shape index (κ2) is 6.99. The topological polar surface area (TPSA) is 47.3 Å². The number of anilines is 2. The van der Waals surface area contributed by atoms with Crippen LogP contribution in [0.25, 0.3) is 0 Å². The van der Waals surface area contributed by atoms with E-state index >= 15 is 0 Å². The lowest BCUT2D eigenvalue weighted by Gasteiger charge is -2.10. The van der Waals surface area contributed by atoms with E-state index in [-0.39, 0.29) is 0 Å². The summed E-state index contributed by atoms with van der Waals surface area (Å²) >= 11 is 0. The van der Waals surface area contributed by atoms with Crippen LogP contribution < -0.4 is 15.8 Å². The maximum atomic E-state index is 5.80. The molecule has 0 heterocycles. The Bertz CT molecular complexity index is 313. The van der Waals surface area contributed by atoms with E-state index < -0.39 is 0 Å². The van der Waals surface area contributed by atoms with Crippen LogP contribution in [0.1, 0.15) is 33.1 Å². The smallest absolute Gasteiger partial charge is 0.144 e. The predicted octanol–water partition coefficient (Wildman–Crippen LogP) is 3.27. The van der Waals surface area contributed by atoms with Gasteiger partial charge >= 0.3 is 0 Å². The Labute approximate surface area is 98.0 Å². The number of nitrogens with one attached hydrogen (secondary N) is 1. The van der Waals surface area contributed by atoms with Gasteiger partial charge in [-0.2, -0.15) is 0 Å². The van der Waals surface area contributed by atoms with Crippen molar-refractivity contribution in [2.45, 2.75) is 33.1 Å². The average molecular weight is 222 g/mol. The molecule has 0 bridgehead atoms. The maximum absolute atomic E-state index is 5.80. The zero-order chi connectivity index (χ0) is 11.8. The molecule has 1 aromatic rings. The molecule has 0 spiro atoms. The lowest BCUT2D eigenvalue weighted by Crippen LogP contribution is -2.03. The minimum Gasteiger partial charge on any atom is -0.492 e. The van der Waals surface area contributed by atoms with Crippen molar-refractivity contribution in [2.24, 2.45) is 0 Å². The summed E-state index contributed by atoms with van der Waals surface area (Å²) in [5, 5.41) is 3.37. The van der Waals surface area contributed by atoms with E-state index in [2.05, 4.69) is 12.2 Å². The lowest BCUT2D eigenvalue weighted by molar-refractivity contribution is 0.342. The van der Waals surface area contributed by atoms with Crippen LogP contribution in [-0.2, 0) is 0 Å². The zero-order valence-corrected chi connectivity index (χ0v) is 10.3. The Kier molecular flexibility index (Phi) is 5.54. The van der Waals surface area contributed by atoms with Crippen molar-refractivity contribution in [3.05, 3.63) is 18.2 Å². The molecule has 1 rings (SSSR count). The fourth-order valence-corrected chi connectivity index (χ4v) is 1.53. The number of nitrogens with two attached hydrogens (primary N) is 1. The molecule has 1 aromatic carbocycles. The minimum absolute atomic E-state index is 0.642. The van der Waals surface area contributed by atoms with E-state index in [9.17, 15) is 0 Å². The molecule has 3 heteroatoms. The maximum Gasteiger partial charge on any atom is 0.144 e. The number of unbranched alkanes of at least 4 members (excludes halogenated alkanes) is 2. The Morgan fingerprint density at radius 3 is 2.75 bits per heavy atom. The highest BCUT2D eigenvalue weighted by Crippen LogP contribution is 2.25. The number of nitrogen functional groups attached to an aromatic ring is 1. The number of benzene rings is 1. The third kappa shape index (κ3) is 4.01. The monoisotopic (exact) mass is 222 g/mol. The summed E-state index contributed by atoms with van der Waals surface area (Å²) in [5.74, 6) is 0.767. The fourth-order valence-electron chi connectivity index (χ4n) is 1.53. The van der Waals surface area contributed by atoms with Crippen LogP contribution in [0.3, 0.4) is 0 Å². The van der Waals surface area contributed by atoms with E-state index in [1.807, 2.05) is 25.1 Å². The third-order valence-electron chi connectivity index (χ3n) is 2.42. The number of hydrogen-bond acceptors (Lipinski definition) is 3. The van der Waals surface area contributed by atoms with Crippen molar-refractivity contribution < 1.29 is 4.74 Å². The standard InChI is InChI=1S/C13H22N2O/c1-3-5-6-9-15-11-7-8-12(14)13(10-11)16-4-2/h7-8,10,15H,3-6,9,14H2,1-2H3. The van der Waals surface area contributed by atoms with Gasteiger partial charge in [-0.1, -0.05) is 19.8 Å². The first-order valence-electron chi connectivity index (χ1n) is 6.04. The molecule has 0 unspecified atom stereocenters. The van der Waals surface area contributed by atoms with Crippen LogP contribution in [0.15, 0.2) is 18.2 Å². The van der Waals surface area contributed by atoms with Crippen molar-refractivity contribution in [3.8, 4) is 5.75 Å². The van der Waals surface area contributed by atoms with E-state index in [1.165, 1.54) is 19.3 Å². The van der Waals surface area contributed by atoms with Gasteiger partial charge in [0.15, 0.2) is 0 Å². The number of ether oxygens (including phenoxy) is 1. The third-order valence-corrected chi connectivity index (χ3v) is 2.42. The highest BCUT2D eigenvalue weighted by Gasteiger charge is 2.01. The van der Waals surface area contributed by atoms with Gasteiger partial charge in [-0.3, -0.25) is 0 Å². The van der Waals surface area contributed by atoms with Crippen LogP contribution in [0.5, 0.6) is 5.75 Å². The van der Waals surface area contributed by atoms with Gasteiger partial charge in [0.2, 0.25) is 0 Å². The molecule has 0 atom stereocenters. The summed E-state index contributed by atoms with van der Waals surface area (Å²) in [6, 6.07) is 5.84. The van der Waals surface area contributed by atoms with Gasteiger partial charge in [-0.05, 0) is 25.5 Å². The summed E-state index contributed by atoms with van der Waals surface area (Å²) in [4.78, 5) is 0. The molecule has 3 nitrogen and oxygen atoms in total. The molecule has 90 valence electrons. The molecule has 3 N–H and O–H groups in total. The van der Waals surface area contributed by atoms with E-state index in [1.54, 1.807) is 0 Å². The van der Waals surface area contributed by atoms with Crippen LogP contribution in [-0.4, -0.2) is 13.2 Å². The number of rotatable bonds is 7. The molecule has 0 saturated carbocycles. The molecule has 16 heavy (non-hydrogen) atoms. The summed E-state index contributed by atoms with van der Waals surface area (Å²) in [6.45, 7) is 5.81. The second-order valence-corrected chi connectivity index (χ2v) is 3.82. The first kappa shape index (κ1) is 12.7. The molecular formula is C13H22N2O. The summed E-state index contributed by atoms with van der Waals surface area (Å²) in [7, 11) is 0. The molecule has 0 saturated heterocycles. The Hall–Kier alpha value is -1.38. The summed E-state index contributed by atoms with van der Waals surface area (Å²) < 4.78 is 5.44. The Morgan fingerprint density at radius 1 is 1.25 bits per heavy atom. The number of hydrogen-bond donors (Lipinski definition) is 2. The van der Waals surface area contributed by atoms with Crippen molar-refractivity contribution >= 4 is 11.4 Å². The van der Waals surface area contributed by atoms with Crippen LogP contribution in [0.2, 0.25) is 0 Å². The summed E-state index contributed by atoms with van der Waals surface area (Å²) in [6.07, 6.45) is 3.71. The fraction of sp³-hybridized carbons (Fsp3) is 0.538. The van der Waals surface area contributed by atoms with Crippen molar-refractivity contribution in [1.82, 2.24) is 0 Å². The lowest BCUT2D eigenvalue weighted by atomic mass is 10.2. The first-order valence-corrected chi connectivity index (χ1v) is 6.04. The Morgan fingerprint density at radius 2 is 2.06 bits per heavy atom. The van der Waals surface area contributed by atoms with Gasteiger partial charge in [-0.25, -0.2) is 0 Å². The Balaban J connectivity index is 2.50. The van der Waals surface area contributed by atoms with Gasteiger partial charge in [-0.15, -0.1) is 0 Å². The zero-order valence-electron chi connectivity index (χ0n) is 10.3. The van der Waals surface area contributed by atoms with E-state index in [0.29, 0.717) is 12.3 Å². The molecule has 0 aliphatic carbocycles. The highest BCUT2D eigenvalue weighted by molar-refractivity contribution is 5.61. The largest absolute Gasteiger partial charge is 0.492 e. The normalized spacial score (nSPS) is 10.1. The molecule has 0 fully saturated rings. The van der Waals surface area contributed by atoms with Gasteiger partial charge in [0.05, 0.1) is 12.3 Å². The van der Waals surface area contributed by atoms with Crippen molar-refractivity contribution in [1.29, 1.82) is 0 Å². The highest BCUT2D eigenvalue weighted by atomic mass is 16.5. The summed E-state index contributed by atoms with van der Waals surface area (Å²) in [5.41, 5.74) is 7.57. The van der Waals surface area contributed by atoms with E-state index in [0.717, 1.165) is 18.0 Å². The molecule has 0 aromatic heterocycles. The van der Waals surface area contributed by atoms with Crippen LogP contribution >= 0.6 is 0 Å². The molecule has 0 aliphatic rings. The van der Waals surface area contributed by atoms with Crippen molar-refractivity contribution in [2.75, 3.05) is 24.2 Å². The van der Waals surface area contributed by atoms with Crippen LogP contribution in [0.4, 0.5) is 11.4 Å². The first-order chi connectivity index (χ1) is 7.77. The second-order valence-electron chi connectivity index (χ2n) is 3.82. The van der Waals surface area contributed by atoms with Gasteiger partial charge in [0, 0.05) is 18.3 Å². The van der Waals surface area contributed by atoms with Gasteiger partial charge in [0.1, 0.15) is 5.75 Å². The van der Waals surface area contributed by atoms with Crippen molar-refractivity contribution in [3.63, 3.8) is 0 Å². The van der Waals surface area contributed by atoms with Gasteiger partial charge in [0.25, 0.3) is 0 Å². The molecular weight excluding hydrogens is 200 g/mol. The molecule has 0 amide bonds. The molecule has 0 aliphatic heterocycles. The predicted molar refractivity (Wildman–Crippen MR) is 70.0 cm³/mol. The SMILES string of the molecule is CCCCCNc1ccc(N)c(OCC)c1. The molecule has 0 radical (unpaired) electrons. The quantitative estimate of drug-likeness (QED) is 0.550. The van der Waals surface area contributed by atoms with Gasteiger partial charge < -0.3 is 15.8 Å².